The molecule has 9 nitrogen and oxygen atoms in total. The molecule has 0 saturated heterocycles. The maximum absolute atomic E-state index is 11.6. The van der Waals surface area contributed by atoms with Crippen molar-refractivity contribution in [1.82, 2.24) is 10.3 Å². The number of H-pyrrole nitrogens is 1. The third kappa shape index (κ3) is 9.02. The van der Waals surface area contributed by atoms with Crippen molar-refractivity contribution in [2.24, 2.45) is 0 Å². The zero-order valence-electron chi connectivity index (χ0n) is 22.3. The molecule has 1 heterocycles. The molecule has 0 radical (unpaired) electrons. The number of aromatic amines is 1. The predicted octanol–water partition coefficient (Wildman–Crippen LogP) is 5.56. The monoisotopic (exact) mass is 571 g/mol. The first kappa shape index (κ1) is 32.7. The van der Waals surface area contributed by atoms with Crippen molar-refractivity contribution in [2.45, 2.75) is 31.8 Å². The molecule has 0 spiro atoms. The predicted molar refractivity (Wildman–Crippen MR) is 157 cm³/mol. The lowest BCUT2D eigenvalue weighted by atomic mass is 10.0. The molecule has 41 heavy (non-hydrogen) atoms. The summed E-state index contributed by atoms with van der Waals surface area (Å²) in [4.78, 5) is 25.4. The maximum atomic E-state index is 11.6. The molecule has 0 bridgehead atoms. The average molecular weight is 572 g/mol. The number of hydrogen-bond donors (Lipinski definition) is 6. The number of rotatable bonds is 13. The molecular weight excluding hydrogens is 536 g/mol. The molecule has 1 amide bonds. The molecule has 6 N–H and O–H groups in total. The summed E-state index contributed by atoms with van der Waals surface area (Å²) in [5.41, 5.74) is 2.84. The normalized spacial score (nSPS) is 11.2. The minimum atomic E-state index is -1.13. The van der Waals surface area contributed by atoms with Gasteiger partial charge >= 0.3 is 6.09 Å². The third-order valence-corrected chi connectivity index (χ3v) is 6.44. The zero-order chi connectivity index (χ0) is 27.6. The first-order valence-corrected chi connectivity index (χ1v) is 13.0. The van der Waals surface area contributed by atoms with E-state index < -0.39 is 12.2 Å². The van der Waals surface area contributed by atoms with Crippen molar-refractivity contribution in [1.29, 1.82) is 0 Å². The van der Waals surface area contributed by atoms with Gasteiger partial charge in [-0.2, -0.15) is 0 Å². The van der Waals surface area contributed by atoms with Gasteiger partial charge in [-0.25, -0.2) is 4.79 Å². The first-order valence-electron chi connectivity index (χ1n) is 13.0. The Morgan fingerprint density at radius 2 is 1.68 bits per heavy atom. The SMILES string of the molecule is F.F.O=C(O)Nc1cc(OCCCCCCNC[C@H](O)c2ccc(O)c3[nH]c(=O)ccc23)ccc1-c1ccccc1. The van der Waals surface area contributed by atoms with Gasteiger partial charge in [0, 0.05) is 29.6 Å². The number of amides is 1. The summed E-state index contributed by atoms with van der Waals surface area (Å²) < 4.78 is 5.86. The fraction of sp³-hybridized carbons (Fsp3) is 0.267. The number of fused-ring (bicyclic) bond motifs is 1. The molecule has 4 aromatic rings. The van der Waals surface area contributed by atoms with Crippen LogP contribution in [-0.4, -0.2) is 46.1 Å². The first-order chi connectivity index (χ1) is 18.9. The summed E-state index contributed by atoms with van der Waals surface area (Å²) in [5, 5.41) is 36.2. The van der Waals surface area contributed by atoms with E-state index in [1.807, 2.05) is 42.5 Å². The number of pyridine rings is 1. The number of unbranched alkanes of at least 4 members (excludes halogenated alkanes) is 3. The molecule has 4 rings (SSSR count). The number of carbonyl (C=O) groups is 1. The maximum Gasteiger partial charge on any atom is 0.409 e. The van der Waals surface area contributed by atoms with E-state index in [4.69, 9.17) is 4.74 Å². The molecule has 220 valence electrons. The van der Waals surface area contributed by atoms with Crippen LogP contribution in [0.3, 0.4) is 0 Å². The lowest BCUT2D eigenvalue weighted by molar-refractivity contribution is 0.176. The molecule has 0 aliphatic rings. The van der Waals surface area contributed by atoms with Gasteiger partial charge in [-0.15, -0.1) is 0 Å². The largest absolute Gasteiger partial charge is 0.506 e. The number of hydrogen-bond acceptors (Lipinski definition) is 6. The van der Waals surface area contributed by atoms with Gasteiger partial charge in [0.2, 0.25) is 5.56 Å². The summed E-state index contributed by atoms with van der Waals surface area (Å²) in [6.07, 6.45) is 1.87. The van der Waals surface area contributed by atoms with Crippen LogP contribution in [0.5, 0.6) is 11.5 Å². The zero-order valence-corrected chi connectivity index (χ0v) is 22.3. The van der Waals surface area contributed by atoms with E-state index in [1.54, 1.807) is 18.2 Å². The number of phenolic OH excluding ortho intramolecular Hbond substituents is 1. The van der Waals surface area contributed by atoms with Gasteiger partial charge in [0.15, 0.2) is 0 Å². The quantitative estimate of drug-likeness (QED) is 0.115. The van der Waals surface area contributed by atoms with Crippen LogP contribution in [0.2, 0.25) is 0 Å². The van der Waals surface area contributed by atoms with E-state index in [1.165, 1.54) is 12.1 Å². The highest BCUT2D eigenvalue weighted by Crippen LogP contribution is 2.32. The van der Waals surface area contributed by atoms with Crippen LogP contribution in [0, 0.1) is 0 Å². The summed E-state index contributed by atoms with van der Waals surface area (Å²) in [5.74, 6) is 0.581. The van der Waals surface area contributed by atoms with Crippen LogP contribution in [0.4, 0.5) is 19.9 Å². The van der Waals surface area contributed by atoms with E-state index in [-0.39, 0.29) is 20.7 Å². The fourth-order valence-corrected chi connectivity index (χ4v) is 4.50. The second-order valence-corrected chi connectivity index (χ2v) is 9.27. The summed E-state index contributed by atoms with van der Waals surface area (Å²) >= 11 is 0. The Bertz CT molecular complexity index is 1470. The van der Waals surface area contributed by atoms with Crippen LogP contribution in [0.1, 0.15) is 37.4 Å². The summed E-state index contributed by atoms with van der Waals surface area (Å²) in [6.45, 7) is 1.63. The molecule has 0 aliphatic heterocycles. The minimum absolute atomic E-state index is 0. The highest BCUT2D eigenvalue weighted by Gasteiger charge is 2.14. The fourth-order valence-electron chi connectivity index (χ4n) is 4.50. The lowest BCUT2D eigenvalue weighted by Crippen LogP contribution is -2.22. The highest BCUT2D eigenvalue weighted by molar-refractivity contribution is 5.91. The topological polar surface area (TPSA) is 144 Å². The number of aromatic nitrogens is 1. The number of carboxylic acid groups (broad SMARTS) is 1. The minimum Gasteiger partial charge on any atom is -0.506 e. The van der Waals surface area contributed by atoms with E-state index in [0.717, 1.165) is 43.4 Å². The van der Waals surface area contributed by atoms with Crippen LogP contribution >= 0.6 is 0 Å². The number of nitrogens with one attached hydrogen (secondary N) is 3. The molecule has 0 fully saturated rings. The average Bonchev–Trinajstić information content (AvgIpc) is 2.93. The van der Waals surface area contributed by atoms with E-state index in [0.29, 0.717) is 41.1 Å². The molecule has 0 unspecified atom stereocenters. The third-order valence-electron chi connectivity index (χ3n) is 6.44. The Balaban J connectivity index is 0.00000294. The van der Waals surface area contributed by atoms with Gasteiger partial charge in [-0.05, 0) is 54.8 Å². The number of ether oxygens (including phenoxy) is 1. The number of halogens is 2. The molecule has 1 atom stereocenters. The number of benzene rings is 3. The van der Waals surface area contributed by atoms with Crippen LogP contribution < -0.4 is 20.9 Å². The molecule has 3 aromatic carbocycles. The van der Waals surface area contributed by atoms with Crippen LogP contribution in [0.15, 0.2) is 77.6 Å². The van der Waals surface area contributed by atoms with Crippen LogP contribution in [-0.2, 0) is 0 Å². The Morgan fingerprint density at radius 3 is 2.44 bits per heavy atom. The smallest absolute Gasteiger partial charge is 0.409 e. The van der Waals surface area contributed by atoms with E-state index in [9.17, 15) is 24.9 Å². The van der Waals surface area contributed by atoms with Gasteiger partial charge < -0.3 is 30.4 Å². The van der Waals surface area contributed by atoms with Crippen molar-refractivity contribution in [3.05, 3.63) is 88.7 Å². The number of anilines is 1. The van der Waals surface area contributed by atoms with Crippen molar-refractivity contribution >= 4 is 22.7 Å². The number of phenols is 1. The second-order valence-electron chi connectivity index (χ2n) is 9.27. The molecule has 0 saturated carbocycles. The van der Waals surface area contributed by atoms with Crippen molar-refractivity contribution in [3.8, 4) is 22.6 Å². The van der Waals surface area contributed by atoms with Gasteiger partial charge in [-0.3, -0.25) is 19.5 Å². The lowest BCUT2D eigenvalue weighted by Gasteiger charge is -2.15. The highest BCUT2D eigenvalue weighted by atomic mass is 19.0. The standard InChI is InChI=1S/C30H33N3O6.2FH/c34-26-14-12-23(24-13-15-28(36)33-29(24)26)27(35)19-31-16-6-1-2-7-17-39-21-10-11-22(20-8-4-3-5-9-20)25(18-21)32-30(37)38;;/h3-5,8-15,18,27,31-32,34-35H,1-2,6-7,16-17,19H2,(H,33,36)(H,37,38);2*1H/t27-;;/m0../s1. The number of aliphatic hydroxyl groups excluding tert-OH is 1. The molecule has 11 heteroatoms. The van der Waals surface area contributed by atoms with Gasteiger partial charge in [0.1, 0.15) is 11.5 Å². The molecular formula is C30H35F2N3O6. The molecule has 1 aromatic heterocycles. The van der Waals surface area contributed by atoms with Gasteiger partial charge in [-0.1, -0.05) is 49.2 Å². The summed E-state index contributed by atoms with van der Waals surface area (Å²) in [6, 6.07) is 21.1. The summed E-state index contributed by atoms with van der Waals surface area (Å²) in [7, 11) is 0. The Kier molecular flexibility index (Phi) is 12.7. The van der Waals surface area contributed by atoms with E-state index in [2.05, 4.69) is 15.6 Å². The second kappa shape index (κ2) is 15.9. The van der Waals surface area contributed by atoms with Gasteiger partial charge in [0.25, 0.3) is 0 Å². The Labute approximate surface area is 235 Å². The number of aromatic hydroxyl groups is 1. The number of aliphatic hydroxyl groups is 1. The van der Waals surface area contributed by atoms with Crippen molar-refractivity contribution in [2.75, 3.05) is 25.0 Å². The van der Waals surface area contributed by atoms with Crippen molar-refractivity contribution < 1.29 is 34.3 Å². The Morgan fingerprint density at radius 1 is 0.927 bits per heavy atom. The van der Waals surface area contributed by atoms with Crippen molar-refractivity contribution in [3.63, 3.8) is 0 Å². The molecule has 0 aliphatic carbocycles. The van der Waals surface area contributed by atoms with Crippen LogP contribution in [0.25, 0.3) is 22.0 Å². The van der Waals surface area contributed by atoms with E-state index >= 15 is 0 Å². The van der Waals surface area contributed by atoms with Gasteiger partial charge in [0.05, 0.1) is 23.9 Å². The Hall–Kier alpha value is -4.48.